The summed E-state index contributed by atoms with van der Waals surface area (Å²) >= 11 is 1.69. The van der Waals surface area contributed by atoms with Gasteiger partial charge in [0.1, 0.15) is 10.8 Å². The van der Waals surface area contributed by atoms with Crippen LogP contribution in [0.3, 0.4) is 0 Å². The molecule has 4 heteroatoms. The van der Waals surface area contributed by atoms with Crippen molar-refractivity contribution in [3.8, 4) is 27.6 Å². The highest BCUT2D eigenvalue weighted by Crippen LogP contribution is 2.37. The zero-order valence-electron chi connectivity index (χ0n) is 15.8. The van der Waals surface area contributed by atoms with E-state index in [2.05, 4.69) is 66.7 Å². The Morgan fingerprint density at radius 1 is 1.04 bits per heavy atom. The fourth-order valence-electron chi connectivity index (χ4n) is 3.56. The normalized spacial score (nSPS) is 16.6. The maximum atomic E-state index is 5.25. The van der Waals surface area contributed by atoms with E-state index in [9.17, 15) is 0 Å². The van der Waals surface area contributed by atoms with Crippen LogP contribution in [0.5, 0.6) is 5.75 Å². The number of methoxy groups -OCH3 is 1. The van der Waals surface area contributed by atoms with Crippen LogP contribution in [-0.2, 0) is 0 Å². The Bertz CT molecular complexity index is 1010. The van der Waals surface area contributed by atoms with Gasteiger partial charge in [0.2, 0.25) is 0 Å². The van der Waals surface area contributed by atoms with Crippen LogP contribution >= 0.6 is 11.3 Å². The SMILES string of the molecule is COc1ccc(-c2csc(-c3ccccc3C3C=C(C)N=C(C)C3)n2)cc1. The third-order valence-electron chi connectivity index (χ3n) is 4.81. The van der Waals surface area contributed by atoms with Gasteiger partial charge < -0.3 is 4.74 Å². The monoisotopic (exact) mass is 374 g/mol. The number of benzene rings is 2. The number of hydrogen-bond donors (Lipinski definition) is 0. The molecule has 4 rings (SSSR count). The highest BCUT2D eigenvalue weighted by atomic mass is 32.1. The van der Waals surface area contributed by atoms with E-state index in [1.165, 1.54) is 16.8 Å². The molecular weight excluding hydrogens is 352 g/mol. The zero-order valence-corrected chi connectivity index (χ0v) is 16.6. The van der Waals surface area contributed by atoms with Gasteiger partial charge in [0.15, 0.2) is 0 Å². The number of hydrogen-bond acceptors (Lipinski definition) is 4. The first-order valence-corrected chi connectivity index (χ1v) is 9.94. The highest BCUT2D eigenvalue weighted by molar-refractivity contribution is 7.13. The summed E-state index contributed by atoms with van der Waals surface area (Å²) in [5.41, 5.74) is 6.92. The predicted molar refractivity (Wildman–Crippen MR) is 114 cm³/mol. The molecule has 0 radical (unpaired) electrons. The number of nitrogens with zero attached hydrogens (tertiary/aromatic N) is 2. The van der Waals surface area contributed by atoms with Crippen LogP contribution in [0.25, 0.3) is 21.8 Å². The van der Waals surface area contributed by atoms with E-state index in [0.29, 0.717) is 5.92 Å². The van der Waals surface area contributed by atoms with Crippen LogP contribution in [0, 0.1) is 0 Å². The maximum absolute atomic E-state index is 5.25. The second-order valence-corrected chi connectivity index (χ2v) is 7.68. The molecule has 0 spiro atoms. The second kappa shape index (κ2) is 7.49. The molecule has 27 heavy (non-hydrogen) atoms. The molecule has 0 fully saturated rings. The zero-order chi connectivity index (χ0) is 18.8. The fraction of sp³-hybridized carbons (Fsp3) is 0.217. The van der Waals surface area contributed by atoms with Gasteiger partial charge in [0.25, 0.3) is 0 Å². The molecule has 136 valence electrons. The van der Waals surface area contributed by atoms with E-state index < -0.39 is 0 Å². The largest absolute Gasteiger partial charge is 0.497 e. The van der Waals surface area contributed by atoms with Gasteiger partial charge in [0, 0.05) is 33.8 Å². The van der Waals surface area contributed by atoms with Crippen molar-refractivity contribution in [2.75, 3.05) is 7.11 Å². The molecule has 3 nitrogen and oxygen atoms in total. The van der Waals surface area contributed by atoms with E-state index in [-0.39, 0.29) is 0 Å². The summed E-state index contributed by atoms with van der Waals surface area (Å²) in [6.07, 6.45) is 3.23. The molecule has 0 N–H and O–H groups in total. The van der Waals surface area contributed by atoms with Gasteiger partial charge in [-0.1, -0.05) is 30.3 Å². The average molecular weight is 375 g/mol. The minimum Gasteiger partial charge on any atom is -0.497 e. The summed E-state index contributed by atoms with van der Waals surface area (Å²) in [7, 11) is 1.68. The van der Waals surface area contributed by atoms with Crippen molar-refractivity contribution >= 4 is 17.0 Å². The van der Waals surface area contributed by atoms with Gasteiger partial charge in [-0.2, -0.15) is 0 Å². The maximum Gasteiger partial charge on any atom is 0.124 e. The molecule has 2 heterocycles. The van der Waals surface area contributed by atoms with Crippen molar-refractivity contribution in [1.29, 1.82) is 0 Å². The molecule has 0 amide bonds. The molecule has 0 saturated carbocycles. The topological polar surface area (TPSA) is 34.5 Å². The lowest BCUT2D eigenvalue weighted by Gasteiger charge is -2.20. The molecular formula is C23H22N2OS. The number of ether oxygens (including phenoxy) is 1. The first-order chi connectivity index (χ1) is 13.1. The summed E-state index contributed by atoms with van der Waals surface area (Å²) < 4.78 is 5.25. The molecule has 3 aromatic rings. The van der Waals surface area contributed by atoms with Crippen molar-refractivity contribution in [3.05, 3.63) is 71.2 Å². The predicted octanol–water partition coefficient (Wildman–Crippen LogP) is 6.34. The van der Waals surface area contributed by atoms with Crippen molar-refractivity contribution < 1.29 is 4.74 Å². The van der Waals surface area contributed by atoms with Crippen LogP contribution in [0.2, 0.25) is 0 Å². The lowest BCUT2D eigenvalue weighted by molar-refractivity contribution is 0.415. The van der Waals surface area contributed by atoms with Crippen LogP contribution in [0.1, 0.15) is 31.7 Å². The molecule has 1 aliphatic heterocycles. The molecule has 0 aliphatic carbocycles. The van der Waals surface area contributed by atoms with Crippen molar-refractivity contribution in [1.82, 2.24) is 4.98 Å². The third kappa shape index (κ3) is 3.71. The number of aromatic nitrogens is 1. The summed E-state index contributed by atoms with van der Waals surface area (Å²) in [6, 6.07) is 16.6. The molecule has 1 aliphatic rings. The minimum atomic E-state index is 0.354. The molecule has 2 aromatic carbocycles. The summed E-state index contributed by atoms with van der Waals surface area (Å²) in [5, 5.41) is 3.19. The Morgan fingerprint density at radius 3 is 2.56 bits per heavy atom. The van der Waals surface area contributed by atoms with E-state index in [1.54, 1.807) is 18.4 Å². The summed E-state index contributed by atoms with van der Waals surface area (Å²) in [5.74, 6) is 1.21. The number of rotatable bonds is 4. The van der Waals surface area contributed by atoms with Gasteiger partial charge >= 0.3 is 0 Å². The summed E-state index contributed by atoms with van der Waals surface area (Å²) in [4.78, 5) is 9.50. The van der Waals surface area contributed by atoms with Gasteiger partial charge in [-0.15, -0.1) is 11.3 Å². The lowest BCUT2D eigenvalue weighted by atomic mass is 9.88. The number of allylic oxidation sites excluding steroid dienone is 2. The fourth-order valence-corrected chi connectivity index (χ4v) is 4.43. The molecule has 1 aromatic heterocycles. The molecule has 0 bridgehead atoms. The second-order valence-electron chi connectivity index (χ2n) is 6.82. The van der Waals surface area contributed by atoms with Crippen LogP contribution in [-0.4, -0.2) is 17.8 Å². The van der Waals surface area contributed by atoms with E-state index in [1.807, 2.05) is 12.1 Å². The first-order valence-electron chi connectivity index (χ1n) is 9.06. The Kier molecular flexibility index (Phi) is 4.90. The number of aliphatic imine (C=N–C) groups is 1. The van der Waals surface area contributed by atoms with Gasteiger partial charge in [-0.25, -0.2) is 4.98 Å². The lowest BCUT2D eigenvalue weighted by Crippen LogP contribution is -2.08. The summed E-state index contributed by atoms with van der Waals surface area (Å²) in [6.45, 7) is 4.18. The Balaban J connectivity index is 1.69. The van der Waals surface area contributed by atoms with Crippen LogP contribution < -0.4 is 4.74 Å². The van der Waals surface area contributed by atoms with Crippen molar-refractivity contribution in [2.45, 2.75) is 26.2 Å². The van der Waals surface area contributed by atoms with Crippen molar-refractivity contribution in [2.24, 2.45) is 4.99 Å². The molecule has 0 saturated heterocycles. The average Bonchev–Trinajstić information content (AvgIpc) is 3.17. The molecule has 1 unspecified atom stereocenters. The smallest absolute Gasteiger partial charge is 0.124 e. The first kappa shape index (κ1) is 17.7. The number of thiazole rings is 1. The van der Waals surface area contributed by atoms with Crippen molar-refractivity contribution in [3.63, 3.8) is 0 Å². The Labute approximate surface area is 164 Å². The van der Waals surface area contributed by atoms with Gasteiger partial charge in [-0.05, 0) is 50.1 Å². The Morgan fingerprint density at radius 2 is 1.81 bits per heavy atom. The quantitative estimate of drug-likeness (QED) is 0.534. The van der Waals surface area contributed by atoms with Gasteiger partial charge in [0.05, 0.1) is 12.8 Å². The van der Waals surface area contributed by atoms with E-state index in [0.717, 1.165) is 34.1 Å². The van der Waals surface area contributed by atoms with Gasteiger partial charge in [-0.3, -0.25) is 4.99 Å². The molecule has 1 atom stereocenters. The van der Waals surface area contributed by atoms with Crippen LogP contribution in [0.15, 0.2) is 70.7 Å². The third-order valence-corrected chi connectivity index (χ3v) is 5.68. The minimum absolute atomic E-state index is 0.354. The standard InChI is InChI=1S/C23H22N2OS/c1-15-12-18(13-16(2)24-15)20-6-4-5-7-21(20)23-25-22(14-27-23)17-8-10-19(26-3)11-9-17/h4-12,14,18H,13H2,1-3H3. The van der Waals surface area contributed by atoms with Crippen LogP contribution in [0.4, 0.5) is 0 Å². The van der Waals surface area contributed by atoms with E-state index >= 15 is 0 Å². The van der Waals surface area contributed by atoms with E-state index in [4.69, 9.17) is 9.72 Å². The Hall–Kier alpha value is -2.72. The highest BCUT2D eigenvalue weighted by Gasteiger charge is 2.19.